The molecule has 2 atom stereocenters. The van der Waals surface area contributed by atoms with Gasteiger partial charge in [-0.15, -0.1) is 10.2 Å². The molecular formula is C22H27F2N7O4S2. The molecule has 3 aliphatic rings. The summed E-state index contributed by atoms with van der Waals surface area (Å²) in [7, 11) is -3.88. The lowest BCUT2D eigenvalue weighted by molar-refractivity contribution is -0.0934. The van der Waals surface area contributed by atoms with E-state index in [0.717, 1.165) is 30.7 Å². The number of alkyl halides is 2. The summed E-state index contributed by atoms with van der Waals surface area (Å²) >= 11 is 0.744. The van der Waals surface area contributed by atoms with E-state index in [1.54, 1.807) is 10.5 Å². The Kier molecular flexibility index (Phi) is 6.19. The van der Waals surface area contributed by atoms with Crippen LogP contribution in [0.2, 0.25) is 0 Å². The zero-order valence-corrected chi connectivity index (χ0v) is 21.7. The van der Waals surface area contributed by atoms with Gasteiger partial charge in [0.25, 0.3) is 6.43 Å². The van der Waals surface area contributed by atoms with E-state index in [9.17, 15) is 22.3 Å². The van der Waals surface area contributed by atoms with Crippen molar-refractivity contribution in [3.63, 3.8) is 0 Å². The van der Waals surface area contributed by atoms with Crippen molar-refractivity contribution in [2.75, 3.05) is 44.3 Å². The molecule has 15 heteroatoms. The summed E-state index contributed by atoms with van der Waals surface area (Å²) in [4.78, 5) is 8.91. The predicted molar refractivity (Wildman–Crippen MR) is 131 cm³/mol. The molecule has 2 aliphatic heterocycles. The Morgan fingerprint density at radius 1 is 1.30 bits per heavy atom. The minimum atomic E-state index is -3.88. The third kappa shape index (κ3) is 4.61. The first-order chi connectivity index (χ1) is 17.7. The van der Waals surface area contributed by atoms with Crippen molar-refractivity contribution in [2.24, 2.45) is 0 Å². The molecule has 0 spiro atoms. The van der Waals surface area contributed by atoms with Gasteiger partial charge in [-0.3, -0.25) is 9.30 Å². The zero-order chi connectivity index (χ0) is 25.9. The molecule has 11 nitrogen and oxygen atoms in total. The number of imidazole rings is 1. The van der Waals surface area contributed by atoms with Gasteiger partial charge in [0, 0.05) is 37.9 Å². The van der Waals surface area contributed by atoms with Crippen LogP contribution in [0.1, 0.15) is 31.2 Å². The quantitative estimate of drug-likeness (QED) is 0.446. The van der Waals surface area contributed by atoms with Crippen LogP contribution in [0.15, 0.2) is 23.4 Å². The number of aliphatic hydroxyl groups excluding tert-OH is 1. The molecule has 5 heterocycles. The number of aliphatic hydroxyl groups is 1. The van der Waals surface area contributed by atoms with E-state index in [2.05, 4.69) is 24.8 Å². The summed E-state index contributed by atoms with van der Waals surface area (Å²) in [5.74, 6) is 0. The lowest BCUT2D eigenvalue weighted by atomic mass is 10.0. The topological polar surface area (TPSA) is 125 Å². The SMILES string of the molecule is CC1(NS(=O)(=O)c2cc(N3CCN4CCO[C@H](CO)[C@@H]4C3)c3ncc(-c4nnc(C(F)F)s4)n3c2)CC1. The van der Waals surface area contributed by atoms with Gasteiger partial charge in [-0.25, -0.2) is 26.9 Å². The maximum atomic E-state index is 13.4. The average Bonchev–Trinajstić information content (AvgIpc) is 3.25. The zero-order valence-electron chi connectivity index (χ0n) is 20.0. The van der Waals surface area contributed by atoms with Crippen molar-refractivity contribution in [1.29, 1.82) is 0 Å². The fourth-order valence-corrected chi connectivity index (χ4v) is 7.17. The van der Waals surface area contributed by atoms with E-state index in [1.807, 2.05) is 11.8 Å². The summed E-state index contributed by atoms with van der Waals surface area (Å²) in [5.41, 5.74) is 0.973. The van der Waals surface area contributed by atoms with E-state index in [0.29, 0.717) is 43.3 Å². The molecule has 3 aromatic heterocycles. The largest absolute Gasteiger partial charge is 0.394 e. The van der Waals surface area contributed by atoms with Crippen LogP contribution >= 0.6 is 11.3 Å². The van der Waals surface area contributed by atoms with Crippen LogP contribution in [0.5, 0.6) is 0 Å². The number of piperazine rings is 1. The Morgan fingerprint density at radius 2 is 2.11 bits per heavy atom. The predicted octanol–water partition coefficient (Wildman–Crippen LogP) is 1.50. The van der Waals surface area contributed by atoms with Gasteiger partial charge in [0.05, 0.1) is 37.2 Å². The molecule has 3 fully saturated rings. The number of ether oxygens (including phenoxy) is 1. The van der Waals surface area contributed by atoms with E-state index in [4.69, 9.17) is 4.74 Å². The third-order valence-corrected chi connectivity index (χ3v) is 9.85. The van der Waals surface area contributed by atoms with E-state index >= 15 is 0 Å². The number of halogens is 2. The Morgan fingerprint density at radius 3 is 2.81 bits per heavy atom. The minimum absolute atomic E-state index is 0.0435. The number of hydrogen-bond acceptors (Lipinski definition) is 10. The standard InChI is InChI=1S/C22H27F2N7O4S2/c1-22(2-3-22)28-37(33,34)13-8-14(30-5-4-29-6-7-35-17(12-32)16(29)11-30)19-25-9-15(31(19)10-13)20-26-27-21(36-20)18(23)24/h8-10,16-18,28,32H,2-7,11-12H2,1H3/t16-,17+/m0/s1. The van der Waals surface area contributed by atoms with Crippen LogP contribution in [-0.4, -0.2) is 95.1 Å². The molecule has 2 saturated heterocycles. The van der Waals surface area contributed by atoms with Crippen LogP contribution in [-0.2, 0) is 14.8 Å². The number of nitrogens with one attached hydrogen (secondary N) is 1. The molecule has 0 radical (unpaired) electrons. The molecule has 0 bridgehead atoms. The summed E-state index contributed by atoms with van der Waals surface area (Å²) < 4.78 is 63.3. The average molecular weight is 556 g/mol. The molecule has 0 aromatic carbocycles. The normalized spacial score (nSPS) is 24.1. The van der Waals surface area contributed by atoms with Crippen LogP contribution < -0.4 is 9.62 Å². The summed E-state index contributed by atoms with van der Waals surface area (Å²) in [6.07, 6.45) is 1.36. The molecule has 200 valence electrons. The molecule has 0 unspecified atom stereocenters. The van der Waals surface area contributed by atoms with E-state index in [1.165, 1.54) is 12.4 Å². The van der Waals surface area contributed by atoms with Gasteiger partial charge < -0.3 is 14.7 Å². The number of pyridine rings is 1. The van der Waals surface area contributed by atoms with Crippen molar-refractivity contribution in [3.8, 4) is 10.7 Å². The minimum Gasteiger partial charge on any atom is -0.394 e. The van der Waals surface area contributed by atoms with Gasteiger partial charge in [0.15, 0.2) is 15.7 Å². The first kappa shape index (κ1) is 25.0. The van der Waals surface area contributed by atoms with Crippen LogP contribution in [0.25, 0.3) is 16.3 Å². The number of rotatable bonds is 7. The molecular weight excluding hydrogens is 528 g/mol. The van der Waals surface area contributed by atoms with Gasteiger partial charge in [-0.05, 0) is 25.8 Å². The summed E-state index contributed by atoms with van der Waals surface area (Å²) in [6.45, 7) is 4.90. The van der Waals surface area contributed by atoms with Crippen molar-refractivity contribution in [3.05, 3.63) is 23.5 Å². The molecule has 3 aromatic rings. The number of aromatic nitrogens is 4. The molecule has 1 aliphatic carbocycles. The molecule has 0 amide bonds. The number of morpholine rings is 1. The molecule has 1 saturated carbocycles. The second-order valence-corrected chi connectivity index (χ2v) is 12.6. The van der Waals surface area contributed by atoms with Crippen LogP contribution in [0.3, 0.4) is 0 Å². The Labute approximate surface area is 216 Å². The number of hydrogen-bond donors (Lipinski definition) is 2. The maximum absolute atomic E-state index is 13.4. The Hall–Kier alpha value is -2.30. The van der Waals surface area contributed by atoms with E-state index < -0.39 is 27.0 Å². The highest BCUT2D eigenvalue weighted by Gasteiger charge is 2.42. The third-order valence-electron chi connectivity index (χ3n) is 7.29. The highest BCUT2D eigenvalue weighted by atomic mass is 32.2. The second-order valence-electron chi connectivity index (χ2n) is 9.95. The monoisotopic (exact) mass is 555 g/mol. The van der Waals surface area contributed by atoms with Crippen molar-refractivity contribution >= 4 is 32.7 Å². The molecule has 37 heavy (non-hydrogen) atoms. The molecule has 2 N–H and O–H groups in total. The first-order valence-corrected chi connectivity index (χ1v) is 14.4. The van der Waals surface area contributed by atoms with E-state index in [-0.39, 0.29) is 28.7 Å². The van der Waals surface area contributed by atoms with Crippen LogP contribution in [0.4, 0.5) is 14.5 Å². The number of nitrogens with zero attached hydrogens (tertiary/aromatic N) is 6. The number of anilines is 1. The van der Waals surface area contributed by atoms with Gasteiger partial charge in [0.1, 0.15) is 10.6 Å². The Bertz CT molecular complexity index is 1420. The lowest BCUT2D eigenvalue weighted by Gasteiger charge is -2.47. The fourth-order valence-electron chi connectivity index (χ4n) is 4.99. The van der Waals surface area contributed by atoms with Crippen molar-refractivity contribution < 1.29 is 27.0 Å². The van der Waals surface area contributed by atoms with Crippen molar-refractivity contribution in [2.45, 2.75) is 48.8 Å². The highest BCUT2D eigenvalue weighted by Crippen LogP contribution is 2.38. The van der Waals surface area contributed by atoms with Gasteiger partial charge in [-0.1, -0.05) is 11.3 Å². The summed E-state index contributed by atoms with van der Waals surface area (Å²) in [6, 6.07) is 1.54. The number of fused-ring (bicyclic) bond motifs is 2. The summed E-state index contributed by atoms with van der Waals surface area (Å²) in [5, 5.41) is 17.1. The van der Waals surface area contributed by atoms with Gasteiger partial charge >= 0.3 is 0 Å². The van der Waals surface area contributed by atoms with Gasteiger partial charge in [0.2, 0.25) is 10.0 Å². The smallest absolute Gasteiger partial charge is 0.291 e. The Balaban J connectivity index is 1.45. The number of sulfonamides is 1. The lowest BCUT2D eigenvalue weighted by Crippen LogP contribution is -2.62. The first-order valence-electron chi connectivity index (χ1n) is 12.1. The maximum Gasteiger partial charge on any atom is 0.291 e. The molecule has 6 rings (SSSR count). The highest BCUT2D eigenvalue weighted by molar-refractivity contribution is 7.89. The van der Waals surface area contributed by atoms with Crippen molar-refractivity contribution in [1.82, 2.24) is 29.2 Å². The fraction of sp³-hybridized carbons (Fsp3) is 0.591. The van der Waals surface area contributed by atoms with Crippen LogP contribution in [0, 0.1) is 0 Å². The second kappa shape index (κ2) is 9.17. The van der Waals surface area contributed by atoms with Gasteiger partial charge in [-0.2, -0.15) is 0 Å².